The van der Waals surface area contributed by atoms with Crippen LogP contribution in [0.15, 0.2) is 41.4 Å². The fraction of sp³-hybridized carbons (Fsp3) is 0.364. The number of nitrogens with one attached hydrogen (secondary N) is 2. The zero-order chi connectivity index (χ0) is 23.3. The number of rotatable bonds is 3. The van der Waals surface area contributed by atoms with Crippen LogP contribution in [0.25, 0.3) is 0 Å². The monoisotopic (exact) mass is 456 g/mol. The number of pyridine rings is 1. The second-order valence-corrected chi connectivity index (χ2v) is 11.8. The van der Waals surface area contributed by atoms with Crippen LogP contribution in [0.1, 0.15) is 48.8 Å². The Morgan fingerprint density at radius 1 is 1.31 bits per heavy atom. The molecule has 32 heavy (non-hydrogen) atoms. The van der Waals surface area contributed by atoms with Crippen LogP contribution >= 0.6 is 10.5 Å². The highest BCUT2D eigenvalue weighted by molar-refractivity contribution is 8.29. The van der Waals surface area contributed by atoms with Gasteiger partial charge in [0.05, 0.1) is 21.6 Å². The van der Waals surface area contributed by atoms with E-state index in [9.17, 15) is 9.35 Å². The molecule has 2 aromatic rings. The maximum Gasteiger partial charge on any atom is 0.256 e. The van der Waals surface area contributed by atoms with Crippen LogP contribution in [-0.2, 0) is 5.54 Å². The molecule has 3 heterocycles. The van der Waals surface area contributed by atoms with Gasteiger partial charge in [-0.25, -0.2) is 9.37 Å². The Morgan fingerprint density at radius 3 is 2.66 bits per heavy atom. The van der Waals surface area contributed by atoms with E-state index in [1.54, 1.807) is 6.92 Å². The summed E-state index contributed by atoms with van der Waals surface area (Å²) in [6, 6.07) is 10.7. The molecule has 4 rings (SSSR count). The first-order chi connectivity index (χ1) is 15.0. The highest BCUT2D eigenvalue weighted by Gasteiger charge is 2.61. The molecule has 1 amide bonds. The second kappa shape index (κ2) is 7.55. The van der Waals surface area contributed by atoms with Crippen molar-refractivity contribution in [1.29, 1.82) is 5.26 Å². The quantitative estimate of drug-likeness (QED) is 0.560. The van der Waals surface area contributed by atoms with Crippen LogP contribution in [0.3, 0.4) is 0 Å². The first kappa shape index (κ1) is 22.2. The SMILES string of the molecule is CC1(C)C(N)=N[C@](C)(c2nc(NC(=O)c3ccc(C#N)cc3)ccc2F)[C@@H]2CCNS21O. The number of amidine groups is 1. The Labute approximate surface area is 187 Å². The van der Waals surface area contributed by atoms with Crippen molar-refractivity contribution in [2.45, 2.75) is 42.7 Å². The minimum atomic E-state index is -2.46. The number of nitrogens with zero attached hydrogens (tertiary/aromatic N) is 3. The molecule has 1 aromatic carbocycles. The molecular formula is C22H25FN6O2S. The van der Waals surface area contributed by atoms with Gasteiger partial charge in [-0.15, -0.1) is 0 Å². The number of aromatic nitrogens is 1. The van der Waals surface area contributed by atoms with Crippen molar-refractivity contribution in [2.75, 3.05) is 11.9 Å². The summed E-state index contributed by atoms with van der Waals surface area (Å²) in [5, 5.41) is 11.2. The van der Waals surface area contributed by atoms with Gasteiger partial charge in [0.1, 0.15) is 28.7 Å². The Morgan fingerprint density at radius 2 is 2.00 bits per heavy atom. The third-order valence-electron chi connectivity index (χ3n) is 6.36. The van der Waals surface area contributed by atoms with Crippen LogP contribution in [0.4, 0.5) is 10.2 Å². The fourth-order valence-electron chi connectivity index (χ4n) is 4.34. The van der Waals surface area contributed by atoms with E-state index in [1.807, 2.05) is 19.9 Å². The lowest BCUT2D eigenvalue weighted by Gasteiger charge is -2.55. The van der Waals surface area contributed by atoms with Crippen LogP contribution in [0.5, 0.6) is 0 Å². The molecule has 1 fully saturated rings. The lowest BCUT2D eigenvalue weighted by molar-refractivity contribution is 0.102. The van der Waals surface area contributed by atoms with Crippen molar-refractivity contribution in [3.05, 3.63) is 59.0 Å². The lowest BCUT2D eigenvalue weighted by atomic mass is 9.90. The van der Waals surface area contributed by atoms with Gasteiger partial charge in [-0.1, -0.05) is 10.5 Å². The van der Waals surface area contributed by atoms with Crippen molar-refractivity contribution in [3.8, 4) is 6.07 Å². The summed E-state index contributed by atoms with van der Waals surface area (Å²) in [4.78, 5) is 21.7. The summed E-state index contributed by atoms with van der Waals surface area (Å²) in [5.74, 6) is -0.646. The Kier molecular flexibility index (Phi) is 5.24. The Bertz CT molecular complexity index is 1160. The van der Waals surface area contributed by atoms with Gasteiger partial charge in [0.25, 0.3) is 5.91 Å². The van der Waals surface area contributed by atoms with E-state index in [-0.39, 0.29) is 17.3 Å². The molecule has 1 aromatic heterocycles. The van der Waals surface area contributed by atoms with E-state index in [2.05, 4.69) is 20.0 Å². The van der Waals surface area contributed by atoms with Gasteiger partial charge >= 0.3 is 0 Å². The number of fused-ring (bicyclic) bond motifs is 1. The van der Waals surface area contributed by atoms with Crippen molar-refractivity contribution < 1.29 is 13.7 Å². The lowest BCUT2D eigenvalue weighted by Crippen LogP contribution is -2.57. The molecular weight excluding hydrogens is 431 g/mol. The fourth-order valence-corrected chi connectivity index (χ4v) is 7.69. The molecule has 1 unspecified atom stereocenters. The molecule has 1 saturated heterocycles. The van der Waals surface area contributed by atoms with Gasteiger partial charge in [0.15, 0.2) is 0 Å². The number of carbonyl (C=O) groups excluding carboxylic acids is 1. The Hall–Kier alpha value is -3.00. The highest BCUT2D eigenvalue weighted by atomic mass is 32.3. The minimum absolute atomic E-state index is 0.0215. The largest absolute Gasteiger partial charge is 0.386 e. The number of nitriles is 1. The summed E-state index contributed by atoms with van der Waals surface area (Å²) in [5.41, 5.74) is 5.86. The predicted octanol–water partition coefficient (Wildman–Crippen LogP) is 3.26. The van der Waals surface area contributed by atoms with Gasteiger partial charge in [-0.3, -0.25) is 14.5 Å². The Balaban J connectivity index is 1.72. The number of aliphatic imine (C=N–C) groups is 1. The van der Waals surface area contributed by atoms with Crippen molar-refractivity contribution in [1.82, 2.24) is 9.71 Å². The second-order valence-electron chi connectivity index (χ2n) is 8.62. The van der Waals surface area contributed by atoms with Gasteiger partial charge in [0, 0.05) is 12.1 Å². The topological polar surface area (TPSA) is 136 Å². The molecule has 0 radical (unpaired) electrons. The molecule has 8 nitrogen and oxygen atoms in total. The van der Waals surface area contributed by atoms with Crippen molar-refractivity contribution in [2.24, 2.45) is 10.7 Å². The van der Waals surface area contributed by atoms with E-state index in [4.69, 9.17) is 11.0 Å². The van der Waals surface area contributed by atoms with Crippen molar-refractivity contribution in [3.63, 3.8) is 0 Å². The van der Waals surface area contributed by atoms with Gasteiger partial charge in [0.2, 0.25) is 0 Å². The third-order valence-corrected chi connectivity index (χ3v) is 10.3. The molecule has 0 bridgehead atoms. The van der Waals surface area contributed by atoms with Crippen LogP contribution in [0.2, 0.25) is 0 Å². The maximum atomic E-state index is 15.0. The number of amides is 1. The van der Waals surface area contributed by atoms with E-state index >= 15 is 4.39 Å². The zero-order valence-electron chi connectivity index (χ0n) is 18.0. The smallest absolute Gasteiger partial charge is 0.256 e. The first-order valence-electron chi connectivity index (χ1n) is 10.2. The molecule has 10 heteroatoms. The molecule has 3 atom stereocenters. The van der Waals surface area contributed by atoms with Gasteiger partial charge < -0.3 is 15.6 Å². The number of carbonyl (C=O) groups is 1. The normalized spacial score (nSPS) is 30.4. The van der Waals surface area contributed by atoms with Gasteiger partial charge in [-0.2, -0.15) is 5.26 Å². The summed E-state index contributed by atoms with van der Waals surface area (Å²) < 4.78 is 29.0. The minimum Gasteiger partial charge on any atom is -0.386 e. The van der Waals surface area contributed by atoms with Crippen LogP contribution in [-0.4, -0.2) is 37.8 Å². The molecule has 0 spiro atoms. The molecule has 0 aliphatic carbocycles. The summed E-state index contributed by atoms with van der Waals surface area (Å²) in [7, 11) is -2.46. The maximum absolute atomic E-state index is 15.0. The summed E-state index contributed by atoms with van der Waals surface area (Å²) in [6.07, 6.45) is 0.589. The average Bonchev–Trinajstić information content (AvgIpc) is 3.18. The number of benzene rings is 1. The molecule has 2 aliphatic rings. The summed E-state index contributed by atoms with van der Waals surface area (Å²) in [6.45, 7) is 5.96. The van der Waals surface area contributed by atoms with Gasteiger partial charge in [-0.05, 0) is 63.6 Å². The van der Waals surface area contributed by atoms with Crippen LogP contribution in [0, 0.1) is 17.1 Å². The number of hydrogen-bond acceptors (Lipinski definition) is 7. The number of nitrogens with two attached hydrogens (primary N) is 1. The van der Waals surface area contributed by atoms with E-state index in [1.165, 1.54) is 36.4 Å². The number of hydrogen-bond donors (Lipinski definition) is 4. The predicted molar refractivity (Wildman–Crippen MR) is 123 cm³/mol. The van der Waals surface area contributed by atoms with E-state index in [0.29, 0.717) is 24.1 Å². The van der Waals surface area contributed by atoms with E-state index < -0.39 is 37.8 Å². The standard InChI is InChI=1S/C22H25FN6O2S/c1-21(2)20(25)29-22(3,16-10-11-26-32(16,21)31)18-15(23)8-9-17(27-18)28-19(30)14-6-4-13(12-24)5-7-14/h4-9,16,26,31H,10-11H2,1-3H3,(H2,25,29)(H,27,28,30)/t16-,22-/m0/s1. The molecule has 2 aliphatic heterocycles. The molecule has 0 saturated carbocycles. The number of anilines is 1. The zero-order valence-corrected chi connectivity index (χ0v) is 18.8. The first-order valence-corrected chi connectivity index (χ1v) is 11.8. The van der Waals surface area contributed by atoms with Crippen LogP contribution < -0.4 is 15.8 Å². The average molecular weight is 457 g/mol. The van der Waals surface area contributed by atoms with E-state index in [0.717, 1.165) is 0 Å². The molecule has 5 N–H and O–H groups in total. The van der Waals surface area contributed by atoms with Crippen molar-refractivity contribution >= 4 is 28.1 Å². The molecule has 168 valence electrons. The summed E-state index contributed by atoms with van der Waals surface area (Å²) >= 11 is 0. The highest BCUT2D eigenvalue weighted by Crippen LogP contribution is 2.67. The third kappa shape index (κ3) is 3.24. The number of halogens is 1.